The van der Waals surface area contributed by atoms with Gasteiger partial charge in [0.1, 0.15) is 0 Å². The van der Waals surface area contributed by atoms with Gasteiger partial charge >= 0.3 is 0 Å². The Labute approximate surface area is 117 Å². The van der Waals surface area contributed by atoms with Crippen molar-refractivity contribution in [1.29, 1.82) is 0 Å². The van der Waals surface area contributed by atoms with E-state index >= 15 is 0 Å². The van der Waals surface area contributed by atoms with Crippen LogP contribution in [0.5, 0.6) is 0 Å². The predicted octanol–water partition coefficient (Wildman–Crippen LogP) is 4.21. The second-order valence-corrected chi connectivity index (χ2v) is 4.99. The monoisotopic (exact) mass is 280 g/mol. The number of rotatable bonds is 3. The lowest BCUT2D eigenvalue weighted by molar-refractivity contribution is 0.925. The fourth-order valence-electron chi connectivity index (χ4n) is 1.84. The molecule has 0 radical (unpaired) electrons. The summed E-state index contributed by atoms with van der Waals surface area (Å²) < 4.78 is 0. The van der Waals surface area contributed by atoms with Gasteiger partial charge in [-0.1, -0.05) is 35.3 Å². The number of hydrogen-bond acceptors (Lipinski definition) is 2. The van der Waals surface area contributed by atoms with Gasteiger partial charge in [-0.15, -0.1) is 0 Å². The number of benzene rings is 2. The zero-order valence-electron chi connectivity index (χ0n) is 10.0. The second-order valence-electron chi connectivity index (χ2n) is 4.15. The molecule has 2 aromatic rings. The van der Waals surface area contributed by atoms with Crippen LogP contribution in [-0.4, -0.2) is 7.05 Å². The van der Waals surface area contributed by atoms with Crippen LogP contribution < -0.4 is 10.6 Å². The van der Waals surface area contributed by atoms with Crippen LogP contribution in [0.25, 0.3) is 0 Å². The Hall–Kier alpha value is -1.38. The minimum atomic E-state index is 0.660. The summed E-state index contributed by atoms with van der Waals surface area (Å²) in [5.41, 5.74) is 8.65. The summed E-state index contributed by atoms with van der Waals surface area (Å²) in [6.07, 6.45) is 0. The molecule has 0 bridgehead atoms. The van der Waals surface area contributed by atoms with Crippen LogP contribution in [0.15, 0.2) is 42.5 Å². The molecular weight excluding hydrogens is 267 g/mol. The summed E-state index contributed by atoms with van der Waals surface area (Å²) in [6.45, 7) is 0.660. The summed E-state index contributed by atoms with van der Waals surface area (Å²) in [5, 5.41) is 1.39. The Morgan fingerprint density at radius 2 is 1.83 bits per heavy atom. The summed E-state index contributed by atoms with van der Waals surface area (Å²) in [6, 6.07) is 13.2. The number of para-hydroxylation sites is 2. The molecule has 2 rings (SSSR count). The van der Waals surface area contributed by atoms with E-state index in [0.29, 0.717) is 16.6 Å². The SMILES string of the molecule is CN(Cc1cc(Cl)ccc1Cl)c1ccccc1N. The second kappa shape index (κ2) is 5.51. The van der Waals surface area contributed by atoms with Gasteiger partial charge in [-0.2, -0.15) is 0 Å². The van der Waals surface area contributed by atoms with E-state index in [9.17, 15) is 0 Å². The van der Waals surface area contributed by atoms with E-state index < -0.39 is 0 Å². The van der Waals surface area contributed by atoms with Crippen molar-refractivity contribution >= 4 is 34.6 Å². The molecule has 0 unspecified atom stereocenters. The van der Waals surface area contributed by atoms with E-state index in [1.54, 1.807) is 12.1 Å². The standard InChI is InChI=1S/C14H14Cl2N2/c1-18(14-5-3-2-4-13(14)17)9-10-8-11(15)6-7-12(10)16/h2-8H,9,17H2,1H3. The Morgan fingerprint density at radius 1 is 1.11 bits per heavy atom. The van der Waals surface area contributed by atoms with Crippen LogP contribution in [0.1, 0.15) is 5.56 Å². The van der Waals surface area contributed by atoms with Crippen molar-refractivity contribution in [2.24, 2.45) is 0 Å². The first kappa shape index (κ1) is 13.1. The normalized spacial score (nSPS) is 10.4. The molecule has 2 N–H and O–H groups in total. The fraction of sp³-hybridized carbons (Fsp3) is 0.143. The van der Waals surface area contributed by atoms with Crippen molar-refractivity contribution in [3.8, 4) is 0 Å². The Morgan fingerprint density at radius 3 is 2.56 bits per heavy atom. The molecule has 0 fully saturated rings. The molecule has 18 heavy (non-hydrogen) atoms. The van der Waals surface area contributed by atoms with E-state index in [1.807, 2.05) is 42.3 Å². The third-order valence-electron chi connectivity index (χ3n) is 2.76. The molecule has 4 heteroatoms. The van der Waals surface area contributed by atoms with Crippen LogP contribution >= 0.6 is 23.2 Å². The van der Waals surface area contributed by atoms with Crippen LogP contribution in [0.2, 0.25) is 10.0 Å². The lowest BCUT2D eigenvalue weighted by Crippen LogP contribution is -2.17. The van der Waals surface area contributed by atoms with E-state index in [2.05, 4.69) is 0 Å². The molecule has 0 spiro atoms. The highest BCUT2D eigenvalue weighted by Crippen LogP contribution is 2.26. The van der Waals surface area contributed by atoms with Gasteiger partial charge < -0.3 is 10.6 Å². The highest BCUT2D eigenvalue weighted by atomic mass is 35.5. The van der Waals surface area contributed by atoms with Crippen LogP contribution in [0.3, 0.4) is 0 Å². The molecule has 0 aromatic heterocycles. The number of anilines is 2. The third-order valence-corrected chi connectivity index (χ3v) is 3.37. The minimum Gasteiger partial charge on any atom is -0.397 e. The molecule has 0 aliphatic carbocycles. The van der Waals surface area contributed by atoms with Crippen molar-refractivity contribution in [1.82, 2.24) is 0 Å². The Bertz CT molecular complexity index is 555. The maximum Gasteiger partial charge on any atom is 0.0600 e. The van der Waals surface area contributed by atoms with Crippen molar-refractivity contribution in [2.45, 2.75) is 6.54 Å². The highest BCUT2D eigenvalue weighted by Gasteiger charge is 2.08. The lowest BCUT2D eigenvalue weighted by atomic mass is 10.2. The van der Waals surface area contributed by atoms with Gasteiger partial charge in [0.05, 0.1) is 11.4 Å². The molecule has 0 aliphatic heterocycles. The predicted molar refractivity (Wildman–Crippen MR) is 79.4 cm³/mol. The van der Waals surface area contributed by atoms with Gasteiger partial charge in [0.2, 0.25) is 0 Å². The third kappa shape index (κ3) is 2.89. The van der Waals surface area contributed by atoms with Gasteiger partial charge in [-0.25, -0.2) is 0 Å². The first-order valence-electron chi connectivity index (χ1n) is 5.57. The number of hydrogen-bond donors (Lipinski definition) is 1. The zero-order chi connectivity index (χ0) is 13.1. The summed E-state index contributed by atoms with van der Waals surface area (Å²) in [4.78, 5) is 2.05. The quantitative estimate of drug-likeness (QED) is 0.854. The van der Waals surface area contributed by atoms with Gasteiger partial charge in [-0.05, 0) is 35.9 Å². The fourth-order valence-corrected chi connectivity index (χ4v) is 2.21. The molecule has 0 heterocycles. The van der Waals surface area contributed by atoms with Gasteiger partial charge in [-0.3, -0.25) is 0 Å². The van der Waals surface area contributed by atoms with Crippen molar-refractivity contribution in [3.05, 3.63) is 58.1 Å². The maximum atomic E-state index is 6.15. The average Bonchev–Trinajstić information content (AvgIpc) is 2.34. The van der Waals surface area contributed by atoms with Crippen LogP contribution in [-0.2, 0) is 6.54 Å². The van der Waals surface area contributed by atoms with Crippen LogP contribution in [0.4, 0.5) is 11.4 Å². The number of nitrogens with two attached hydrogens (primary N) is 1. The lowest BCUT2D eigenvalue weighted by Gasteiger charge is -2.21. The molecule has 94 valence electrons. The van der Waals surface area contributed by atoms with Crippen LogP contribution in [0, 0.1) is 0 Å². The smallest absolute Gasteiger partial charge is 0.0600 e. The molecule has 0 saturated carbocycles. The number of halogens is 2. The van der Waals surface area contributed by atoms with Gasteiger partial charge in [0, 0.05) is 23.6 Å². The van der Waals surface area contributed by atoms with Gasteiger partial charge in [0.15, 0.2) is 0 Å². The largest absolute Gasteiger partial charge is 0.397 e. The van der Waals surface area contributed by atoms with Crippen molar-refractivity contribution in [3.63, 3.8) is 0 Å². The number of nitrogens with zero attached hydrogens (tertiary/aromatic N) is 1. The molecule has 0 aliphatic rings. The topological polar surface area (TPSA) is 29.3 Å². The molecule has 2 nitrogen and oxygen atoms in total. The maximum absolute atomic E-state index is 6.15. The van der Waals surface area contributed by atoms with Crippen molar-refractivity contribution in [2.75, 3.05) is 17.7 Å². The molecule has 2 aromatic carbocycles. The molecular formula is C14H14Cl2N2. The zero-order valence-corrected chi connectivity index (χ0v) is 11.5. The van der Waals surface area contributed by atoms with E-state index in [1.165, 1.54) is 0 Å². The molecule has 0 atom stereocenters. The summed E-state index contributed by atoms with van der Waals surface area (Å²) >= 11 is 12.1. The van der Waals surface area contributed by atoms with Crippen molar-refractivity contribution < 1.29 is 0 Å². The Kier molecular flexibility index (Phi) is 4.00. The molecule has 0 amide bonds. The summed E-state index contributed by atoms with van der Waals surface area (Å²) in [7, 11) is 1.98. The molecule has 0 saturated heterocycles. The van der Waals surface area contributed by atoms with E-state index in [0.717, 1.165) is 16.9 Å². The van der Waals surface area contributed by atoms with E-state index in [4.69, 9.17) is 28.9 Å². The average molecular weight is 281 g/mol. The first-order chi connectivity index (χ1) is 8.58. The first-order valence-corrected chi connectivity index (χ1v) is 6.33. The number of nitrogen functional groups attached to an aromatic ring is 1. The summed E-state index contributed by atoms with van der Waals surface area (Å²) in [5.74, 6) is 0. The van der Waals surface area contributed by atoms with Gasteiger partial charge in [0.25, 0.3) is 0 Å². The minimum absolute atomic E-state index is 0.660. The Balaban J connectivity index is 2.24. The highest BCUT2D eigenvalue weighted by molar-refractivity contribution is 6.33. The van der Waals surface area contributed by atoms with E-state index in [-0.39, 0.29) is 0 Å².